The van der Waals surface area contributed by atoms with Gasteiger partial charge in [0.1, 0.15) is 24.1 Å². The van der Waals surface area contributed by atoms with Gasteiger partial charge in [-0.05, 0) is 48.0 Å². The molecule has 0 radical (unpaired) electrons. The van der Waals surface area contributed by atoms with Crippen LogP contribution in [0.5, 0.6) is 5.75 Å². The highest BCUT2D eigenvalue weighted by atomic mass is 16.7. The minimum absolute atomic E-state index is 0.134. The van der Waals surface area contributed by atoms with Crippen molar-refractivity contribution in [2.45, 2.75) is 24.6 Å². The molecule has 3 N–H and O–H groups in total. The summed E-state index contributed by atoms with van der Waals surface area (Å²) in [7, 11) is 3.54. The Balaban J connectivity index is 1.57. The van der Waals surface area contributed by atoms with E-state index in [2.05, 4.69) is 10.3 Å². The summed E-state index contributed by atoms with van der Waals surface area (Å²) in [4.78, 5) is 12.4. The Morgan fingerprint density at radius 3 is 2.39 bits per heavy atom. The fraction of sp³-hybridized carbons (Fsp3) is 0.318. The average molecular weight is 427 g/mol. The minimum Gasteiger partial charge on any atom is -0.462 e. The molecule has 9 heteroatoms. The average Bonchev–Trinajstić information content (AvgIpc) is 2.77. The summed E-state index contributed by atoms with van der Waals surface area (Å²) in [6.07, 6.45) is -1.79. The van der Waals surface area contributed by atoms with Gasteiger partial charge < -0.3 is 24.8 Å². The van der Waals surface area contributed by atoms with Crippen LogP contribution >= 0.6 is 0 Å². The standard InChI is InChI=1S/C22H25N3O6/c1-25(2)24-23-16-8-6-15(7-9-16)18(26)12-5-14-3-10-17(11-4-14)31-22-21(29)20(28)19(27)13-30-22/h3-12,19-22,27-29H,13H2,1-2H3/b12-5+,24-23+/t19-,20+,21-,22+/m0/s1. The Labute approximate surface area is 179 Å². The molecule has 1 fully saturated rings. The summed E-state index contributed by atoms with van der Waals surface area (Å²) in [6.45, 7) is -0.134. The second-order valence-corrected chi connectivity index (χ2v) is 7.22. The molecule has 0 aromatic heterocycles. The number of carbonyl (C=O) groups excluding carboxylic acids is 1. The van der Waals surface area contributed by atoms with Gasteiger partial charge >= 0.3 is 0 Å². The van der Waals surface area contributed by atoms with Crippen molar-refractivity contribution in [1.82, 2.24) is 5.01 Å². The van der Waals surface area contributed by atoms with E-state index in [4.69, 9.17) is 9.47 Å². The predicted octanol–water partition coefficient (Wildman–Crippen LogP) is 1.96. The molecule has 1 saturated heterocycles. The maximum absolute atomic E-state index is 12.4. The summed E-state index contributed by atoms with van der Waals surface area (Å²) < 4.78 is 10.7. The van der Waals surface area contributed by atoms with Crippen LogP contribution in [0.3, 0.4) is 0 Å². The molecule has 2 aromatic carbocycles. The van der Waals surface area contributed by atoms with Crippen molar-refractivity contribution in [2.24, 2.45) is 10.3 Å². The van der Waals surface area contributed by atoms with E-state index in [1.807, 2.05) is 0 Å². The molecule has 1 aliphatic rings. The molecule has 0 saturated carbocycles. The van der Waals surface area contributed by atoms with E-state index < -0.39 is 24.6 Å². The van der Waals surface area contributed by atoms with Crippen molar-refractivity contribution in [3.8, 4) is 5.75 Å². The van der Waals surface area contributed by atoms with Gasteiger partial charge in [0.25, 0.3) is 0 Å². The molecule has 9 nitrogen and oxygen atoms in total. The SMILES string of the molecule is CN(C)/N=N/c1ccc(C(=O)/C=C/c2ccc(O[C@H]3OC[C@H](O)[C@@H](O)[C@@H]3O)cc2)cc1. The van der Waals surface area contributed by atoms with Crippen LogP contribution in [-0.2, 0) is 4.74 Å². The summed E-state index contributed by atoms with van der Waals surface area (Å²) in [5, 5.41) is 38.6. The van der Waals surface area contributed by atoms with Gasteiger partial charge in [0.2, 0.25) is 6.29 Å². The summed E-state index contributed by atoms with van der Waals surface area (Å²) in [5.74, 6) is 0.265. The highest BCUT2D eigenvalue weighted by molar-refractivity contribution is 6.06. The lowest BCUT2D eigenvalue weighted by molar-refractivity contribution is -0.242. The summed E-state index contributed by atoms with van der Waals surface area (Å²) >= 11 is 0. The fourth-order valence-corrected chi connectivity index (χ4v) is 2.78. The number of ketones is 1. The molecule has 3 rings (SSSR count). The molecule has 31 heavy (non-hydrogen) atoms. The van der Waals surface area contributed by atoms with Gasteiger partial charge in [-0.25, -0.2) is 0 Å². The smallest absolute Gasteiger partial charge is 0.228 e. The number of allylic oxidation sites excluding steroid dienone is 1. The van der Waals surface area contributed by atoms with E-state index in [0.29, 0.717) is 17.0 Å². The van der Waals surface area contributed by atoms with E-state index in [9.17, 15) is 20.1 Å². The molecule has 0 unspecified atom stereocenters. The predicted molar refractivity (Wildman–Crippen MR) is 113 cm³/mol. The van der Waals surface area contributed by atoms with Gasteiger partial charge in [-0.15, -0.1) is 5.11 Å². The topological polar surface area (TPSA) is 124 Å². The van der Waals surface area contributed by atoms with Gasteiger partial charge in [0.05, 0.1) is 12.3 Å². The largest absolute Gasteiger partial charge is 0.462 e. The Morgan fingerprint density at radius 1 is 1.06 bits per heavy atom. The zero-order chi connectivity index (χ0) is 22.4. The lowest BCUT2D eigenvalue weighted by Gasteiger charge is -2.34. The number of benzene rings is 2. The number of carbonyl (C=O) groups is 1. The van der Waals surface area contributed by atoms with E-state index in [0.717, 1.165) is 5.56 Å². The number of hydrogen-bond acceptors (Lipinski definition) is 8. The van der Waals surface area contributed by atoms with Crippen molar-refractivity contribution >= 4 is 17.5 Å². The Bertz CT molecular complexity index is 927. The van der Waals surface area contributed by atoms with Crippen LogP contribution in [0.1, 0.15) is 15.9 Å². The second-order valence-electron chi connectivity index (χ2n) is 7.22. The fourth-order valence-electron chi connectivity index (χ4n) is 2.78. The monoisotopic (exact) mass is 427 g/mol. The van der Waals surface area contributed by atoms with E-state index in [-0.39, 0.29) is 12.4 Å². The van der Waals surface area contributed by atoms with Gasteiger partial charge in [0.15, 0.2) is 5.78 Å². The van der Waals surface area contributed by atoms with Crippen LogP contribution in [-0.4, -0.2) is 71.4 Å². The maximum Gasteiger partial charge on any atom is 0.228 e. The van der Waals surface area contributed by atoms with Gasteiger partial charge in [0, 0.05) is 19.7 Å². The Kier molecular flexibility index (Phi) is 7.48. The van der Waals surface area contributed by atoms with Gasteiger partial charge in [-0.1, -0.05) is 23.4 Å². The van der Waals surface area contributed by atoms with Crippen molar-refractivity contribution in [3.05, 3.63) is 65.7 Å². The molecule has 0 aliphatic carbocycles. The first-order valence-electron chi connectivity index (χ1n) is 9.67. The third-order valence-electron chi connectivity index (χ3n) is 4.50. The van der Waals surface area contributed by atoms with Crippen LogP contribution in [0, 0.1) is 0 Å². The number of ether oxygens (including phenoxy) is 2. The lowest BCUT2D eigenvalue weighted by atomic mass is 10.1. The van der Waals surface area contributed by atoms with Crippen molar-refractivity contribution in [2.75, 3.05) is 20.7 Å². The van der Waals surface area contributed by atoms with E-state index >= 15 is 0 Å². The van der Waals surface area contributed by atoms with Crippen LogP contribution < -0.4 is 4.74 Å². The Morgan fingerprint density at radius 2 is 1.74 bits per heavy atom. The normalized spacial score (nSPS) is 23.9. The first-order valence-corrected chi connectivity index (χ1v) is 9.67. The van der Waals surface area contributed by atoms with Crippen LogP contribution in [0.25, 0.3) is 6.08 Å². The first-order chi connectivity index (χ1) is 14.8. The highest BCUT2D eigenvalue weighted by Gasteiger charge is 2.38. The highest BCUT2D eigenvalue weighted by Crippen LogP contribution is 2.21. The van der Waals surface area contributed by atoms with Crippen molar-refractivity contribution in [1.29, 1.82) is 0 Å². The minimum atomic E-state index is -1.36. The van der Waals surface area contributed by atoms with Gasteiger partial charge in [-0.3, -0.25) is 9.80 Å². The molecule has 2 aromatic rings. The number of nitrogens with zero attached hydrogens (tertiary/aromatic N) is 3. The molecule has 1 heterocycles. The molecular weight excluding hydrogens is 402 g/mol. The van der Waals surface area contributed by atoms with Crippen molar-refractivity contribution < 1.29 is 29.6 Å². The third-order valence-corrected chi connectivity index (χ3v) is 4.50. The van der Waals surface area contributed by atoms with Crippen LogP contribution in [0.15, 0.2) is 64.9 Å². The van der Waals surface area contributed by atoms with Crippen LogP contribution in [0.2, 0.25) is 0 Å². The van der Waals surface area contributed by atoms with Crippen molar-refractivity contribution in [3.63, 3.8) is 0 Å². The number of rotatable bonds is 7. The molecule has 4 atom stereocenters. The lowest BCUT2D eigenvalue weighted by Crippen LogP contribution is -2.54. The molecule has 1 aliphatic heterocycles. The molecule has 0 spiro atoms. The zero-order valence-corrected chi connectivity index (χ0v) is 17.2. The van der Waals surface area contributed by atoms with Crippen LogP contribution in [0.4, 0.5) is 5.69 Å². The summed E-state index contributed by atoms with van der Waals surface area (Å²) in [6, 6.07) is 13.6. The number of aliphatic hydroxyl groups is 3. The maximum atomic E-state index is 12.4. The molecule has 0 amide bonds. The second kappa shape index (κ2) is 10.3. The summed E-state index contributed by atoms with van der Waals surface area (Å²) in [5.41, 5.74) is 1.96. The molecule has 0 bridgehead atoms. The Hall–Kier alpha value is -3.11. The molecular formula is C22H25N3O6. The van der Waals surface area contributed by atoms with Gasteiger partial charge in [-0.2, -0.15) is 0 Å². The molecule has 164 valence electrons. The zero-order valence-electron chi connectivity index (χ0n) is 17.2. The quantitative estimate of drug-likeness (QED) is 0.267. The van der Waals surface area contributed by atoms with E-state index in [1.54, 1.807) is 73.7 Å². The number of aliphatic hydroxyl groups excluding tert-OH is 3. The van der Waals surface area contributed by atoms with E-state index in [1.165, 1.54) is 6.08 Å². The third kappa shape index (κ3) is 6.19. The number of hydrogen-bond donors (Lipinski definition) is 3. The first kappa shape index (κ1) is 22.6.